The highest BCUT2D eigenvalue weighted by molar-refractivity contribution is 5.71. The standard InChI is InChI=1S/C22H26O8/c1-5-28-21(24)12-29-20-8-13(6-7-17(20)26-3)22-16(23)11-15-18(27-4)9-14(25-2)10-19(15)30-22/h6-10,16,22-23H,5,11-12H2,1-4H3/t16-,22-/m1/s1. The average molecular weight is 418 g/mol. The smallest absolute Gasteiger partial charge is 0.344 e. The number of fused-ring (bicyclic) bond motifs is 1. The van der Waals surface area contributed by atoms with E-state index in [1.54, 1.807) is 51.5 Å². The van der Waals surface area contributed by atoms with Crippen LogP contribution in [0.2, 0.25) is 0 Å². The van der Waals surface area contributed by atoms with Gasteiger partial charge in [0.2, 0.25) is 0 Å². The average Bonchev–Trinajstić information content (AvgIpc) is 2.76. The van der Waals surface area contributed by atoms with Gasteiger partial charge < -0.3 is 33.5 Å². The van der Waals surface area contributed by atoms with Crippen LogP contribution in [0.4, 0.5) is 0 Å². The molecule has 2 aromatic carbocycles. The first kappa shape index (κ1) is 21.6. The summed E-state index contributed by atoms with van der Waals surface area (Å²) >= 11 is 0. The molecular formula is C22H26O8. The quantitative estimate of drug-likeness (QED) is 0.654. The van der Waals surface area contributed by atoms with Gasteiger partial charge in [-0.1, -0.05) is 6.07 Å². The minimum absolute atomic E-state index is 0.251. The van der Waals surface area contributed by atoms with Crippen LogP contribution >= 0.6 is 0 Å². The summed E-state index contributed by atoms with van der Waals surface area (Å²) in [5, 5.41) is 10.8. The van der Waals surface area contributed by atoms with Crippen molar-refractivity contribution in [2.45, 2.75) is 25.6 Å². The molecule has 0 saturated carbocycles. The molecule has 30 heavy (non-hydrogen) atoms. The van der Waals surface area contributed by atoms with Crippen LogP contribution in [-0.4, -0.2) is 51.7 Å². The molecule has 8 nitrogen and oxygen atoms in total. The fourth-order valence-electron chi connectivity index (χ4n) is 3.35. The van der Waals surface area contributed by atoms with E-state index in [1.165, 1.54) is 7.11 Å². The summed E-state index contributed by atoms with van der Waals surface area (Å²) in [6.07, 6.45) is -1.12. The van der Waals surface area contributed by atoms with E-state index >= 15 is 0 Å². The molecule has 0 radical (unpaired) electrons. The van der Waals surface area contributed by atoms with Crippen LogP contribution in [0.15, 0.2) is 30.3 Å². The van der Waals surface area contributed by atoms with Gasteiger partial charge >= 0.3 is 5.97 Å². The molecule has 162 valence electrons. The van der Waals surface area contributed by atoms with E-state index in [1.807, 2.05) is 0 Å². The minimum atomic E-state index is -0.814. The minimum Gasteiger partial charge on any atom is -0.496 e. The molecule has 0 spiro atoms. The molecular weight excluding hydrogens is 392 g/mol. The predicted octanol–water partition coefficient (Wildman–Crippen LogP) is 2.69. The topological polar surface area (TPSA) is 92.7 Å². The summed E-state index contributed by atoms with van der Waals surface area (Å²) in [6.45, 7) is 1.75. The largest absolute Gasteiger partial charge is 0.496 e. The van der Waals surface area contributed by atoms with Crippen molar-refractivity contribution in [3.8, 4) is 28.7 Å². The van der Waals surface area contributed by atoms with Gasteiger partial charge in [0.1, 0.15) is 23.4 Å². The zero-order valence-electron chi connectivity index (χ0n) is 17.5. The Balaban J connectivity index is 1.88. The molecule has 0 amide bonds. The van der Waals surface area contributed by atoms with Crippen LogP contribution in [0.3, 0.4) is 0 Å². The summed E-state index contributed by atoms with van der Waals surface area (Å²) in [4.78, 5) is 11.6. The van der Waals surface area contributed by atoms with Crippen LogP contribution in [-0.2, 0) is 16.0 Å². The fraction of sp³-hybridized carbons (Fsp3) is 0.409. The van der Waals surface area contributed by atoms with Gasteiger partial charge in [-0.15, -0.1) is 0 Å². The number of hydrogen-bond donors (Lipinski definition) is 1. The second-order valence-electron chi connectivity index (χ2n) is 6.62. The molecule has 0 fully saturated rings. The van der Waals surface area contributed by atoms with Crippen molar-refractivity contribution in [1.82, 2.24) is 0 Å². The molecule has 1 heterocycles. The maximum atomic E-state index is 11.6. The lowest BCUT2D eigenvalue weighted by Crippen LogP contribution is -2.30. The van der Waals surface area contributed by atoms with E-state index in [-0.39, 0.29) is 13.2 Å². The number of aliphatic hydroxyl groups is 1. The van der Waals surface area contributed by atoms with Crippen molar-refractivity contribution in [3.05, 3.63) is 41.5 Å². The van der Waals surface area contributed by atoms with Crippen LogP contribution in [0.1, 0.15) is 24.2 Å². The molecule has 0 saturated heterocycles. The lowest BCUT2D eigenvalue weighted by atomic mass is 9.94. The third-order valence-corrected chi connectivity index (χ3v) is 4.78. The zero-order valence-corrected chi connectivity index (χ0v) is 17.5. The second kappa shape index (κ2) is 9.58. The van der Waals surface area contributed by atoms with Crippen molar-refractivity contribution < 1.29 is 38.3 Å². The number of ether oxygens (including phenoxy) is 6. The monoisotopic (exact) mass is 418 g/mol. The van der Waals surface area contributed by atoms with E-state index in [0.29, 0.717) is 40.7 Å². The summed E-state index contributed by atoms with van der Waals surface area (Å²) < 4.78 is 32.6. The summed E-state index contributed by atoms with van der Waals surface area (Å²) in [6, 6.07) is 8.69. The van der Waals surface area contributed by atoms with Gasteiger partial charge in [-0.25, -0.2) is 4.79 Å². The third kappa shape index (κ3) is 4.54. The third-order valence-electron chi connectivity index (χ3n) is 4.78. The molecule has 2 atom stereocenters. The Morgan fingerprint density at radius 1 is 1.07 bits per heavy atom. The molecule has 1 aliphatic heterocycles. The van der Waals surface area contributed by atoms with E-state index in [4.69, 9.17) is 28.4 Å². The number of esters is 1. The molecule has 0 aromatic heterocycles. The summed E-state index contributed by atoms with van der Waals surface area (Å²) in [5.74, 6) is 2.09. The molecule has 1 N–H and O–H groups in total. The van der Waals surface area contributed by atoms with Gasteiger partial charge in [-0.3, -0.25) is 0 Å². The Hall–Kier alpha value is -3.13. The molecule has 1 aliphatic rings. The summed E-state index contributed by atoms with van der Waals surface area (Å²) in [7, 11) is 4.63. The molecule has 3 rings (SSSR count). The molecule has 0 unspecified atom stereocenters. The summed E-state index contributed by atoms with van der Waals surface area (Å²) in [5.41, 5.74) is 1.45. The Labute approximate surface area is 175 Å². The van der Waals surface area contributed by atoms with Gasteiger partial charge in [0.05, 0.1) is 34.0 Å². The molecule has 8 heteroatoms. The number of benzene rings is 2. The van der Waals surface area contributed by atoms with Crippen molar-refractivity contribution in [2.75, 3.05) is 34.5 Å². The predicted molar refractivity (Wildman–Crippen MR) is 108 cm³/mol. The first-order valence-corrected chi connectivity index (χ1v) is 9.56. The van der Waals surface area contributed by atoms with Crippen molar-refractivity contribution in [1.29, 1.82) is 0 Å². The van der Waals surface area contributed by atoms with Gasteiger partial charge in [-0.05, 0) is 24.6 Å². The highest BCUT2D eigenvalue weighted by Crippen LogP contribution is 2.43. The lowest BCUT2D eigenvalue weighted by molar-refractivity contribution is -0.145. The van der Waals surface area contributed by atoms with E-state index in [0.717, 1.165) is 5.56 Å². The van der Waals surface area contributed by atoms with Gasteiger partial charge in [0.15, 0.2) is 18.1 Å². The number of hydrogen-bond acceptors (Lipinski definition) is 8. The molecule has 2 aromatic rings. The fourth-order valence-corrected chi connectivity index (χ4v) is 3.35. The second-order valence-corrected chi connectivity index (χ2v) is 6.62. The van der Waals surface area contributed by atoms with Crippen LogP contribution < -0.4 is 23.7 Å². The number of methoxy groups -OCH3 is 3. The lowest BCUT2D eigenvalue weighted by Gasteiger charge is -2.32. The Kier molecular flexibility index (Phi) is 6.89. The number of carbonyl (C=O) groups is 1. The zero-order chi connectivity index (χ0) is 21.7. The van der Waals surface area contributed by atoms with Crippen LogP contribution in [0.25, 0.3) is 0 Å². The van der Waals surface area contributed by atoms with E-state index < -0.39 is 18.2 Å². The Morgan fingerprint density at radius 3 is 2.50 bits per heavy atom. The van der Waals surface area contributed by atoms with E-state index in [2.05, 4.69) is 0 Å². The van der Waals surface area contributed by atoms with Crippen LogP contribution in [0.5, 0.6) is 28.7 Å². The maximum Gasteiger partial charge on any atom is 0.344 e. The first-order chi connectivity index (χ1) is 14.5. The van der Waals surface area contributed by atoms with Gasteiger partial charge in [0, 0.05) is 24.1 Å². The van der Waals surface area contributed by atoms with Crippen molar-refractivity contribution in [2.24, 2.45) is 0 Å². The van der Waals surface area contributed by atoms with Crippen molar-refractivity contribution in [3.63, 3.8) is 0 Å². The van der Waals surface area contributed by atoms with Gasteiger partial charge in [0.25, 0.3) is 0 Å². The number of aliphatic hydroxyl groups excluding tert-OH is 1. The highest BCUT2D eigenvalue weighted by Gasteiger charge is 2.33. The molecule has 0 bridgehead atoms. The normalized spacial score (nSPS) is 17.4. The van der Waals surface area contributed by atoms with E-state index in [9.17, 15) is 9.90 Å². The SMILES string of the molecule is CCOC(=O)COc1cc([C@H]2Oc3cc(OC)cc(OC)c3C[C@H]2O)ccc1OC. The number of rotatable bonds is 8. The Bertz CT molecular complexity index is 895. The maximum absolute atomic E-state index is 11.6. The van der Waals surface area contributed by atoms with Crippen LogP contribution in [0, 0.1) is 0 Å². The van der Waals surface area contributed by atoms with Crippen molar-refractivity contribution >= 4 is 5.97 Å². The molecule has 0 aliphatic carbocycles. The highest BCUT2D eigenvalue weighted by atomic mass is 16.6. The van der Waals surface area contributed by atoms with Gasteiger partial charge in [-0.2, -0.15) is 0 Å². The first-order valence-electron chi connectivity index (χ1n) is 9.56. The number of carbonyl (C=O) groups excluding carboxylic acids is 1. The Morgan fingerprint density at radius 2 is 1.83 bits per heavy atom.